The maximum absolute atomic E-state index is 2.49. The Bertz CT molecular complexity index is 159. The van der Waals surface area contributed by atoms with Crippen LogP contribution in [0.5, 0.6) is 0 Å². The second kappa shape index (κ2) is 5.81. The summed E-state index contributed by atoms with van der Waals surface area (Å²) in [6, 6.07) is 0. The van der Waals surface area contributed by atoms with Crippen molar-refractivity contribution in [1.29, 1.82) is 0 Å². The van der Waals surface area contributed by atoms with Crippen LogP contribution in [0.4, 0.5) is 0 Å². The van der Waals surface area contributed by atoms with Crippen LogP contribution in [0.1, 0.15) is 40.5 Å². The average molecular weight is 201 g/mol. The Morgan fingerprint density at radius 2 is 1.69 bits per heavy atom. The summed E-state index contributed by atoms with van der Waals surface area (Å²) in [5.41, 5.74) is 1.70. The standard InChI is InChI=1S/C12H26P/c1-7-9-10-12(4)13(5,6)11(3)8-2/h9-12H,7-8H2,1-6H3/q+1/b10-9-. The summed E-state index contributed by atoms with van der Waals surface area (Å²) in [6.07, 6.45) is 7.23. The molecule has 0 aromatic rings. The van der Waals surface area contributed by atoms with E-state index in [4.69, 9.17) is 0 Å². The fourth-order valence-corrected chi connectivity index (χ4v) is 3.74. The molecule has 0 bridgehead atoms. The zero-order valence-electron chi connectivity index (χ0n) is 10.2. The van der Waals surface area contributed by atoms with Gasteiger partial charge in [0.15, 0.2) is 0 Å². The van der Waals surface area contributed by atoms with Gasteiger partial charge in [0.05, 0.1) is 11.3 Å². The molecule has 0 amide bonds. The molecule has 0 saturated carbocycles. The third-order valence-corrected chi connectivity index (χ3v) is 8.34. The largest absolute Gasteiger partial charge is 0.0850 e. The van der Waals surface area contributed by atoms with Crippen LogP contribution in [0, 0.1) is 0 Å². The lowest BCUT2D eigenvalue weighted by molar-refractivity contribution is 0.872. The lowest BCUT2D eigenvalue weighted by Crippen LogP contribution is -2.16. The van der Waals surface area contributed by atoms with Crippen molar-refractivity contribution >= 4 is 7.26 Å². The van der Waals surface area contributed by atoms with Gasteiger partial charge in [0.2, 0.25) is 0 Å². The van der Waals surface area contributed by atoms with Crippen LogP contribution in [0.15, 0.2) is 12.2 Å². The van der Waals surface area contributed by atoms with E-state index < -0.39 is 7.26 Å². The molecular weight excluding hydrogens is 175 g/mol. The van der Waals surface area contributed by atoms with E-state index in [-0.39, 0.29) is 0 Å². The van der Waals surface area contributed by atoms with Crippen LogP contribution in [0.3, 0.4) is 0 Å². The van der Waals surface area contributed by atoms with Gasteiger partial charge in [-0.2, -0.15) is 0 Å². The Labute approximate surface area is 85.1 Å². The SMILES string of the molecule is CC/C=C\C(C)[P+](C)(C)C(C)CC. The molecule has 0 aromatic carbocycles. The Morgan fingerprint density at radius 1 is 1.15 bits per heavy atom. The highest BCUT2D eigenvalue weighted by Gasteiger charge is 2.36. The van der Waals surface area contributed by atoms with Gasteiger partial charge in [0, 0.05) is 20.6 Å². The molecule has 0 aliphatic carbocycles. The van der Waals surface area contributed by atoms with Gasteiger partial charge < -0.3 is 0 Å². The Morgan fingerprint density at radius 3 is 2.08 bits per heavy atom. The van der Waals surface area contributed by atoms with Gasteiger partial charge >= 0.3 is 0 Å². The molecule has 13 heavy (non-hydrogen) atoms. The zero-order chi connectivity index (χ0) is 10.5. The molecule has 0 heterocycles. The molecule has 0 spiro atoms. The molecule has 0 nitrogen and oxygen atoms in total. The molecule has 0 N–H and O–H groups in total. The van der Waals surface area contributed by atoms with E-state index in [2.05, 4.69) is 53.2 Å². The highest BCUT2D eigenvalue weighted by molar-refractivity contribution is 7.75. The molecule has 0 saturated heterocycles. The van der Waals surface area contributed by atoms with Crippen LogP contribution in [0.2, 0.25) is 0 Å². The quantitative estimate of drug-likeness (QED) is 0.456. The maximum atomic E-state index is 2.49. The van der Waals surface area contributed by atoms with Crippen LogP contribution in [0.25, 0.3) is 0 Å². The van der Waals surface area contributed by atoms with Gasteiger partial charge in [-0.1, -0.05) is 19.9 Å². The first kappa shape index (κ1) is 13.2. The second-order valence-corrected chi connectivity index (χ2v) is 9.42. The summed E-state index contributed by atoms with van der Waals surface area (Å²) in [5.74, 6) is 0. The maximum Gasteiger partial charge on any atom is 0.0845 e. The zero-order valence-corrected chi connectivity index (χ0v) is 11.1. The van der Waals surface area contributed by atoms with Crippen molar-refractivity contribution in [3.8, 4) is 0 Å². The predicted molar refractivity (Wildman–Crippen MR) is 67.4 cm³/mol. The normalized spacial score (nSPS) is 17.7. The number of hydrogen-bond donors (Lipinski definition) is 0. The van der Waals surface area contributed by atoms with Crippen molar-refractivity contribution in [2.45, 2.75) is 51.9 Å². The van der Waals surface area contributed by atoms with Gasteiger partial charge in [-0.05, 0) is 32.8 Å². The molecule has 2 atom stereocenters. The molecule has 0 aliphatic rings. The van der Waals surface area contributed by atoms with Gasteiger partial charge in [0.25, 0.3) is 0 Å². The summed E-state index contributed by atoms with van der Waals surface area (Å²) in [4.78, 5) is 0. The van der Waals surface area contributed by atoms with Crippen molar-refractivity contribution in [1.82, 2.24) is 0 Å². The molecule has 2 unspecified atom stereocenters. The third-order valence-electron chi connectivity index (χ3n) is 3.43. The van der Waals surface area contributed by atoms with Crippen LogP contribution in [-0.2, 0) is 0 Å². The molecule has 0 fully saturated rings. The predicted octanol–water partition coefficient (Wildman–Crippen LogP) is 4.42. The first-order valence-electron chi connectivity index (χ1n) is 5.46. The number of allylic oxidation sites excluding steroid dienone is 2. The topological polar surface area (TPSA) is 0 Å². The Kier molecular flexibility index (Phi) is 5.88. The highest BCUT2D eigenvalue weighted by atomic mass is 31.2. The van der Waals surface area contributed by atoms with Gasteiger partial charge in [-0.3, -0.25) is 0 Å². The molecule has 78 valence electrons. The lowest BCUT2D eigenvalue weighted by atomic mass is 10.3. The van der Waals surface area contributed by atoms with E-state index in [0.29, 0.717) is 0 Å². The Hall–Kier alpha value is 0.170. The fraction of sp³-hybridized carbons (Fsp3) is 0.833. The number of hydrogen-bond acceptors (Lipinski definition) is 0. The molecular formula is C12H26P+. The molecule has 0 rings (SSSR count). The summed E-state index contributed by atoms with van der Waals surface area (Å²) < 4.78 is 0. The minimum atomic E-state index is -0.741. The monoisotopic (exact) mass is 201 g/mol. The van der Waals surface area contributed by atoms with Gasteiger partial charge in [-0.25, -0.2) is 0 Å². The van der Waals surface area contributed by atoms with E-state index in [1.165, 1.54) is 12.8 Å². The van der Waals surface area contributed by atoms with Crippen LogP contribution >= 0.6 is 7.26 Å². The van der Waals surface area contributed by atoms with Gasteiger partial charge in [-0.15, -0.1) is 0 Å². The van der Waals surface area contributed by atoms with Crippen molar-refractivity contribution in [2.24, 2.45) is 0 Å². The van der Waals surface area contributed by atoms with Crippen molar-refractivity contribution in [2.75, 3.05) is 13.3 Å². The molecule has 1 heteroatoms. The first-order chi connectivity index (χ1) is 5.96. The summed E-state index contributed by atoms with van der Waals surface area (Å²) in [7, 11) is -0.741. The molecule has 0 radical (unpaired) electrons. The molecule has 0 aliphatic heterocycles. The van der Waals surface area contributed by atoms with Crippen molar-refractivity contribution < 1.29 is 0 Å². The third kappa shape index (κ3) is 3.81. The fourth-order valence-electron chi connectivity index (χ4n) is 1.43. The highest BCUT2D eigenvalue weighted by Crippen LogP contribution is 2.61. The van der Waals surface area contributed by atoms with E-state index in [9.17, 15) is 0 Å². The van der Waals surface area contributed by atoms with E-state index in [0.717, 1.165) is 11.3 Å². The Balaban J connectivity index is 4.34. The second-order valence-electron chi connectivity index (χ2n) is 4.46. The summed E-state index contributed by atoms with van der Waals surface area (Å²) >= 11 is 0. The average Bonchev–Trinajstić information content (AvgIpc) is 2.12. The number of rotatable bonds is 5. The lowest BCUT2D eigenvalue weighted by Gasteiger charge is -2.28. The van der Waals surface area contributed by atoms with Gasteiger partial charge in [0.1, 0.15) is 0 Å². The van der Waals surface area contributed by atoms with Crippen LogP contribution in [-0.4, -0.2) is 24.6 Å². The van der Waals surface area contributed by atoms with E-state index in [1.54, 1.807) is 0 Å². The van der Waals surface area contributed by atoms with E-state index >= 15 is 0 Å². The van der Waals surface area contributed by atoms with Crippen LogP contribution < -0.4 is 0 Å². The minimum absolute atomic E-state index is 0.741. The summed E-state index contributed by atoms with van der Waals surface area (Å²) in [5, 5.41) is 0. The van der Waals surface area contributed by atoms with E-state index in [1.807, 2.05) is 0 Å². The summed E-state index contributed by atoms with van der Waals surface area (Å²) in [6.45, 7) is 14.3. The first-order valence-corrected chi connectivity index (χ1v) is 8.28. The smallest absolute Gasteiger partial charge is 0.0845 e. The molecule has 0 aromatic heterocycles. The minimum Gasteiger partial charge on any atom is -0.0850 e. The van der Waals surface area contributed by atoms with Crippen molar-refractivity contribution in [3.63, 3.8) is 0 Å². The van der Waals surface area contributed by atoms with Crippen molar-refractivity contribution in [3.05, 3.63) is 12.2 Å².